The number of hydrogen-bond acceptors (Lipinski definition) is 6. The molecule has 1 aromatic rings. The molecule has 23 heavy (non-hydrogen) atoms. The lowest BCUT2D eigenvalue weighted by molar-refractivity contribution is -0.138. The summed E-state index contributed by atoms with van der Waals surface area (Å²) in [5.41, 5.74) is -0.306. The molecule has 0 spiro atoms. The summed E-state index contributed by atoms with van der Waals surface area (Å²) in [5, 5.41) is 0.981. The number of rotatable bonds is 5. The van der Waals surface area contributed by atoms with Crippen LogP contribution in [-0.2, 0) is 16.1 Å². The molecule has 2 rings (SSSR count). The topological polar surface area (TPSA) is 58.6 Å². The van der Waals surface area contributed by atoms with Crippen molar-refractivity contribution in [1.29, 1.82) is 0 Å². The number of nitrogens with zero attached hydrogens (tertiary/aromatic N) is 4. The highest BCUT2D eigenvalue weighted by Crippen LogP contribution is 2.26. The average Bonchev–Trinajstić information content (AvgIpc) is 2.95. The maximum absolute atomic E-state index is 12.3. The molecular formula is C16H28N4O2S. The quantitative estimate of drug-likeness (QED) is 0.824. The van der Waals surface area contributed by atoms with Crippen LogP contribution in [-0.4, -0.2) is 54.0 Å². The standard InChI is InChI=1S/C16H28N4O2S/c1-16(2,3)14(21)19(4)10-12-6-8-20(9-7-12)15-17-13(11-22-5)18-23-15/h12H,6-11H2,1-5H3. The van der Waals surface area contributed by atoms with Crippen molar-refractivity contribution in [2.45, 2.75) is 40.2 Å². The summed E-state index contributed by atoms with van der Waals surface area (Å²) in [6, 6.07) is 0. The van der Waals surface area contributed by atoms with Crippen molar-refractivity contribution < 1.29 is 9.53 Å². The molecule has 1 aromatic heterocycles. The predicted octanol–water partition coefficient (Wildman–Crippen LogP) is 2.41. The van der Waals surface area contributed by atoms with E-state index >= 15 is 0 Å². The van der Waals surface area contributed by atoms with Gasteiger partial charge in [-0.05, 0) is 18.8 Å². The summed E-state index contributed by atoms with van der Waals surface area (Å²) in [5.74, 6) is 1.53. The molecule has 7 heteroatoms. The lowest BCUT2D eigenvalue weighted by Crippen LogP contribution is -2.42. The molecule has 0 radical (unpaired) electrons. The highest BCUT2D eigenvalue weighted by Gasteiger charge is 2.28. The summed E-state index contributed by atoms with van der Waals surface area (Å²) < 4.78 is 9.37. The second-order valence-electron chi connectivity index (χ2n) is 7.29. The Hall–Kier alpha value is -1.21. The largest absolute Gasteiger partial charge is 0.377 e. The van der Waals surface area contributed by atoms with Gasteiger partial charge < -0.3 is 14.5 Å². The normalized spacial score (nSPS) is 16.7. The highest BCUT2D eigenvalue weighted by molar-refractivity contribution is 7.09. The second kappa shape index (κ2) is 7.57. The van der Waals surface area contributed by atoms with Crippen LogP contribution in [0.25, 0.3) is 0 Å². The first-order chi connectivity index (χ1) is 10.8. The fourth-order valence-corrected chi connectivity index (χ4v) is 3.64. The van der Waals surface area contributed by atoms with Gasteiger partial charge in [0.1, 0.15) is 6.61 Å². The number of ether oxygens (including phenoxy) is 1. The van der Waals surface area contributed by atoms with Gasteiger partial charge in [0.25, 0.3) is 0 Å². The van der Waals surface area contributed by atoms with Gasteiger partial charge in [0.2, 0.25) is 11.0 Å². The van der Waals surface area contributed by atoms with Crippen LogP contribution >= 0.6 is 11.5 Å². The Kier molecular flexibility index (Phi) is 5.97. The predicted molar refractivity (Wildman–Crippen MR) is 92.7 cm³/mol. The van der Waals surface area contributed by atoms with Gasteiger partial charge in [0, 0.05) is 50.7 Å². The number of carbonyl (C=O) groups is 1. The molecule has 0 aromatic carbocycles. The summed E-state index contributed by atoms with van der Waals surface area (Å²) >= 11 is 1.44. The molecule has 0 saturated carbocycles. The first-order valence-corrected chi connectivity index (χ1v) is 8.90. The van der Waals surface area contributed by atoms with Gasteiger partial charge in [-0.15, -0.1) is 0 Å². The number of methoxy groups -OCH3 is 1. The average molecular weight is 340 g/mol. The molecule has 1 aliphatic heterocycles. The van der Waals surface area contributed by atoms with E-state index in [1.807, 2.05) is 32.7 Å². The molecule has 2 heterocycles. The Labute approximate surface area is 143 Å². The van der Waals surface area contributed by atoms with E-state index in [0.29, 0.717) is 12.5 Å². The third kappa shape index (κ3) is 4.88. The fraction of sp³-hybridized carbons (Fsp3) is 0.812. The van der Waals surface area contributed by atoms with Crippen molar-refractivity contribution in [3.63, 3.8) is 0 Å². The Morgan fingerprint density at radius 1 is 1.39 bits per heavy atom. The third-order valence-corrected chi connectivity index (χ3v) is 4.95. The Morgan fingerprint density at radius 3 is 2.61 bits per heavy atom. The fourth-order valence-electron chi connectivity index (χ4n) is 2.91. The summed E-state index contributed by atoms with van der Waals surface area (Å²) in [4.78, 5) is 21.0. The summed E-state index contributed by atoms with van der Waals surface area (Å²) in [6.45, 7) is 9.18. The number of amides is 1. The van der Waals surface area contributed by atoms with E-state index in [9.17, 15) is 4.79 Å². The first kappa shape index (κ1) is 18.1. The van der Waals surface area contributed by atoms with E-state index in [4.69, 9.17) is 4.74 Å². The monoisotopic (exact) mass is 340 g/mol. The molecule has 130 valence electrons. The minimum atomic E-state index is -0.306. The van der Waals surface area contributed by atoms with Crippen LogP contribution in [0.15, 0.2) is 0 Å². The maximum Gasteiger partial charge on any atom is 0.227 e. The molecule has 1 saturated heterocycles. The van der Waals surface area contributed by atoms with Crippen LogP contribution in [0.5, 0.6) is 0 Å². The van der Waals surface area contributed by atoms with Gasteiger partial charge in [-0.25, -0.2) is 4.98 Å². The van der Waals surface area contributed by atoms with Crippen molar-refractivity contribution in [3.05, 3.63) is 5.82 Å². The van der Waals surface area contributed by atoms with E-state index in [-0.39, 0.29) is 11.3 Å². The Bertz CT molecular complexity index is 518. The van der Waals surface area contributed by atoms with Crippen molar-refractivity contribution in [2.24, 2.45) is 11.3 Å². The number of hydrogen-bond donors (Lipinski definition) is 0. The lowest BCUT2D eigenvalue weighted by atomic mass is 9.92. The summed E-state index contributed by atoms with van der Waals surface area (Å²) in [7, 11) is 3.57. The van der Waals surface area contributed by atoms with Crippen molar-refractivity contribution in [3.8, 4) is 0 Å². The van der Waals surface area contributed by atoms with Gasteiger partial charge in [0.15, 0.2) is 5.82 Å². The molecule has 1 aliphatic rings. The molecule has 0 atom stereocenters. The SMILES string of the molecule is COCc1nsc(N2CCC(CN(C)C(=O)C(C)(C)C)CC2)n1. The van der Waals surface area contributed by atoms with Crippen molar-refractivity contribution in [1.82, 2.24) is 14.3 Å². The van der Waals surface area contributed by atoms with Crippen LogP contribution in [0.3, 0.4) is 0 Å². The van der Waals surface area contributed by atoms with E-state index in [0.717, 1.165) is 43.4 Å². The van der Waals surface area contributed by atoms with Gasteiger partial charge in [-0.2, -0.15) is 4.37 Å². The zero-order valence-corrected chi connectivity index (χ0v) is 15.7. The van der Waals surface area contributed by atoms with Gasteiger partial charge >= 0.3 is 0 Å². The van der Waals surface area contributed by atoms with Crippen LogP contribution in [0, 0.1) is 11.3 Å². The van der Waals surface area contributed by atoms with Gasteiger partial charge in [-0.3, -0.25) is 4.79 Å². The maximum atomic E-state index is 12.3. The Morgan fingerprint density at radius 2 is 2.04 bits per heavy atom. The Balaban J connectivity index is 1.82. The van der Waals surface area contributed by atoms with E-state index in [2.05, 4.69) is 14.3 Å². The van der Waals surface area contributed by atoms with E-state index in [1.165, 1.54) is 11.5 Å². The molecule has 1 amide bonds. The zero-order valence-electron chi connectivity index (χ0n) is 14.8. The number of anilines is 1. The number of carbonyl (C=O) groups excluding carboxylic acids is 1. The van der Waals surface area contributed by atoms with Crippen LogP contribution < -0.4 is 4.90 Å². The second-order valence-corrected chi connectivity index (χ2v) is 8.02. The molecule has 6 nitrogen and oxygen atoms in total. The van der Waals surface area contributed by atoms with Crippen LogP contribution in [0.2, 0.25) is 0 Å². The molecule has 0 aliphatic carbocycles. The van der Waals surface area contributed by atoms with Crippen molar-refractivity contribution in [2.75, 3.05) is 38.7 Å². The van der Waals surface area contributed by atoms with Crippen LogP contribution in [0.4, 0.5) is 5.13 Å². The highest BCUT2D eigenvalue weighted by atomic mass is 32.1. The molecule has 0 N–H and O–H groups in total. The first-order valence-electron chi connectivity index (χ1n) is 8.13. The number of piperidine rings is 1. The molecule has 0 unspecified atom stereocenters. The molecular weight excluding hydrogens is 312 g/mol. The molecule has 0 bridgehead atoms. The third-order valence-electron chi connectivity index (χ3n) is 4.14. The van der Waals surface area contributed by atoms with Gasteiger partial charge in [-0.1, -0.05) is 20.8 Å². The smallest absolute Gasteiger partial charge is 0.227 e. The lowest BCUT2D eigenvalue weighted by Gasteiger charge is -2.35. The van der Waals surface area contributed by atoms with E-state index in [1.54, 1.807) is 7.11 Å². The minimum absolute atomic E-state index is 0.216. The molecule has 1 fully saturated rings. The van der Waals surface area contributed by atoms with Crippen LogP contribution in [0.1, 0.15) is 39.4 Å². The van der Waals surface area contributed by atoms with Crippen molar-refractivity contribution >= 4 is 22.6 Å². The minimum Gasteiger partial charge on any atom is -0.377 e. The zero-order chi connectivity index (χ0) is 17.0. The van der Waals surface area contributed by atoms with Gasteiger partial charge in [0.05, 0.1) is 0 Å². The number of aromatic nitrogens is 2. The van der Waals surface area contributed by atoms with E-state index < -0.39 is 0 Å². The summed E-state index contributed by atoms with van der Waals surface area (Å²) in [6.07, 6.45) is 2.17.